The molecule has 1 heterocycles. The van der Waals surface area contributed by atoms with Crippen LogP contribution in [0.2, 0.25) is 0 Å². The van der Waals surface area contributed by atoms with E-state index in [1.807, 2.05) is 30.3 Å². The predicted octanol–water partition coefficient (Wildman–Crippen LogP) is 2.19. The lowest BCUT2D eigenvalue weighted by Gasteiger charge is -2.01. The van der Waals surface area contributed by atoms with E-state index in [-0.39, 0.29) is 13.0 Å². The van der Waals surface area contributed by atoms with Crippen LogP contribution in [-0.4, -0.2) is 16.1 Å². The van der Waals surface area contributed by atoms with E-state index < -0.39 is 5.97 Å². The number of carboxylic acids is 1. The van der Waals surface area contributed by atoms with Gasteiger partial charge in [0.2, 0.25) is 5.89 Å². The second kappa shape index (κ2) is 5.35. The summed E-state index contributed by atoms with van der Waals surface area (Å²) in [6.07, 6.45) is -0.163. The van der Waals surface area contributed by atoms with E-state index in [1.165, 1.54) is 0 Å². The maximum Gasteiger partial charge on any atom is 0.311 e. The van der Waals surface area contributed by atoms with Gasteiger partial charge in [-0.3, -0.25) is 4.79 Å². The van der Waals surface area contributed by atoms with Gasteiger partial charge in [-0.25, -0.2) is 4.98 Å². The second-order valence-corrected chi connectivity index (χ2v) is 3.79. The number of aliphatic carboxylic acids is 1. The van der Waals surface area contributed by atoms with Crippen molar-refractivity contribution in [2.24, 2.45) is 0 Å². The molecule has 5 nitrogen and oxygen atoms in total. The molecule has 2 rings (SSSR count). The largest absolute Gasteiger partial charge is 0.484 e. The summed E-state index contributed by atoms with van der Waals surface area (Å²) in [4.78, 5) is 14.7. The topological polar surface area (TPSA) is 72.6 Å². The molecule has 0 unspecified atom stereocenters. The number of carboxylic acid groups (broad SMARTS) is 1. The van der Waals surface area contributed by atoms with Crippen LogP contribution in [0.1, 0.15) is 17.3 Å². The highest BCUT2D eigenvalue weighted by molar-refractivity contribution is 5.69. The van der Waals surface area contributed by atoms with E-state index in [0.29, 0.717) is 23.1 Å². The van der Waals surface area contributed by atoms with Gasteiger partial charge in [0.05, 0.1) is 5.69 Å². The fourth-order valence-corrected chi connectivity index (χ4v) is 1.51. The Labute approximate surface area is 104 Å². The molecule has 0 aliphatic carbocycles. The molecule has 0 aliphatic rings. The highest BCUT2D eigenvalue weighted by Crippen LogP contribution is 2.14. The van der Waals surface area contributed by atoms with Gasteiger partial charge in [0.15, 0.2) is 6.61 Å². The fraction of sp³-hybridized carbons (Fsp3) is 0.231. The van der Waals surface area contributed by atoms with Crippen molar-refractivity contribution in [1.29, 1.82) is 0 Å². The van der Waals surface area contributed by atoms with Crippen molar-refractivity contribution in [1.82, 2.24) is 4.98 Å². The first-order valence-electron chi connectivity index (χ1n) is 5.50. The molecule has 2 aromatic rings. The smallest absolute Gasteiger partial charge is 0.311 e. The highest BCUT2D eigenvalue weighted by atomic mass is 16.5. The van der Waals surface area contributed by atoms with Crippen molar-refractivity contribution in [3.8, 4) is 5.75 Å². The summed E-state index contributed by atoms with van der Waals surface area (Å²) in [6.45, 7) is 1.90. The van der Waals surface area contributed by atoms with E-state index in [0.717, 1.165) is 0 Å². The van der Waals surface area contributed by atoms with Gasteiger partial charge in [-0.1, -0.05) is 18.2 Å². The van der Waals surface area contributed by atoms with Crippen LogP contribution in [0.5, 0.6) is 5.75 Å². The third-order valence-corrected chi connectivity index (χ3v) is 2.35. The summed E-state index contributed by atoms with van der Waals surface area (Å²) >= 11 is 0. The Balaban J connectivity index is 2.00. The second-order valence-electron chi connectivity index (χ2n) is 3.79. The molecule has 0 saturated carbocycles. The summed E-state index contributed by atoms with van der Waals surface area (Å²) in [7, 11) is 0. The van der Waals surface area contributed by atoms with Crippen LogP contribution in [0, 0.1) is 6.92 Å². The molecule has 5 heteroatoms. The van der Waals surface area contributed by atoms with E-state index in [2.05, 4.69) is 4.98 Å². The third-order valence-electron chi connectivity index (χ3n) is 2.35. The van der Waals surface area contributed by atoms with Gasteiger partial charge < -0.3 is 14.3 Å². The number of ether oxygens (including phenoxy) is 1. The Kier molecular flexibility index (Phi) is 3.62. The number of aryl methyl sites for hydroxylation is 1. The van der Waals surface area contributed by atoms with Crippen LogP contribution in [0.15, 0.2) is 34.7 Å². The van der Waals surface area contributed by atoms with Crippen molar-refractivity contribution < 1.29 is 19.1 Å². The minimum atomic E-state index is -0.940. The van der Waals surface area contributed by atoms with Gasteiger partial charge in [-0.2, -0.15) is 0 Å². The average Bonchev–Trinajstić information content (AvgIpc) is 2.68. The lowest BCUT2D eigenvalue weighted by Crippen LogP contribution is -1.99. The molecule has 1 aromatic carbocycles. The monoisotopic (exact) mass is 247 g/mol. The Bertz CT molecular complexity index is 533. The Morgan fingerprint density at radius 2 is 2.11 bits per heavy atom. The van der Waals surface area contributed by atoms with Crippen molar-refractivity contribution in [3.05, 3.63) is 47.7 Å². The average molecular weight is 247 g/mol. The van der Waals surface area contributed by atoms with Gasteiger partial charge in [-0.05, 0) is 19.1 Å². The van der Waals surface area contributed by atoms with Gasteiger partial charge in [0, 0.05) is 0 Å². The number of hydrogen-bond acceptors (Lipinski definition) is 4. The van der Waals surface area contributed by atoms with Crippen LogP contribution >= 0.6 is 0 Å². The number of aromatic nitrogens is 1. The van der Waals surface area contributed by atoms with Crippen molar-refractivity contribution in [2.75, 3.05) is 0 Å². The number of hydrogen-bond donors (Lipinski definition) is 1. The SMILES string of the molecule is Cc1nc(COc2ccccc2)oc1CC(=O)O. The highest BCUT2D eigenvalue weighted by Gasteiger charge is 2.13. The molecule has 0 spiro atoms. The van der Waals surface area contributed by atoms with Crippen LogP contribution in [-0.2, 0) is 17.8 Å². The first kappa shape index (κ1) is 12.2. The molecule has 1 aromatic heterocycles. The molecule has 0 bridgehead atoms. The summed E-state index contributed by atoms with van der Waals surface area (Å²) in [5, 5.41) is 8.69. The molecule has 94 valence electrons. The third kappa shape index (κ3) is 3.10. The van der Waals surface area contributed by atoms with E-state index in [4.69, 9.17) is 14.3 Å². The van der Waals surface area contributed by atoms with Gasteiger partial charge in [0.1, 0.15) is 17.9 Å². The fourth-order valence-electron chi connectivity index (χ4n) is 1.51. The van der Waals surface area contributed by atoms with E-state index in [9.17, 15) is 4.79 Å². The molecule has 0 aliphatic heterocycles. The Morgan fingerprint density at radius 1 is 1.39 bits per heavy atom. The molecule has 1 N–H and O–H groups in total. The van der Waals surface area contributed by atoms with Crippen molar-refractivity contribution in [3.63, 3.8) is 0 Å². The summed E-state index contributed by atoms with van der Waals surface area (Å²) in [5.41, 5.74) is 0.587. The van der Waals surface area contributed by atoms with Crippen molar-refractivity contribution in [2.45, 2.75) is 20.0 Å². The maximum absolute atomic E-state index is 10.6. The zero-order valence-electron chi connectivity index (χ0n) is 9.92. The van der Waals surface area contributed by atoms with Crippen molar-refractivity contribution >= 4 is 5.97 Å². The van der Waals surface area contributed by atoms with Crippen LogP contribution in [0.4, 0.5) is 0 Å². The summed E-state index contributed by atoms with van der Waals surface area (Å²) < 4.78 is 10.8. The van der Waals surface area contributed by atoms with E-state index >= 15 is 0 Å². The molecular weight excluding hydrogens is 234 g/mol. The lowest BCUT2D eigenvalue weighted by atomic mass is 10.3. The molecule has 0 atom stereocenters. The van der Waals surface area contributed by atoms with Crippen LogP contribution in [0.3, 0.4) is 0 Å². The zero-order valence-corrected chi connectivity index (χ0v) is 9.92. The van der Waals surface area contributed by atoms with Gasteiger partial charge >= 0.3 is 5.97 Å². The Hall–Kier alpha value is -2.30. The quantitative estimate of drug-likeness (QED) is 0.876. The van der Waals surface area contributed by atoms with E-state index in [1.54, 1.807) is 6.92 Å². The number of para-hydroxylation sites is 1. The first-order valence-corrected chi connectivity index (χ1v) is 5.50. The molecule has 0 radical (unpaired) electrons. The summed E-state index contributed by atoms with van der Waals surface area (Å²) in [5.74, 6) is 0.527. The van der Waals surface area contributed by atoms with Gasteiger partial charge in [0.25, 0.3) is 0 Å². The predicted molar refractivity (Wildman–Crippen MR) is 63.4 cm³/mol. The Morgan fingerprint density at radius 3 is 2.78 bits per heavy atom. The minimum Gasteiger partial charge on any atom is -0.484 e. The standard InChI is InChI=1S/C13H13NO4/c1-9-11(7-13(15)16)18-12(14-9)8-17-10-5-3-2-4-6-10/h2-6H,7-8H2,1H3,(H,15,16). The summed E-state index contributed by atoms with van der Waals surface area (Å²) in [6, 6.07) is 9.28. The maximum atomic E-state index is 10.6. The minimum absolute atomic E-state index is 0.163. The first-order chi connectivity index (χ1) is 8.65. The molecule has 0 saturated heterocycles. The number of rotatable bonds is 5. The molecular formula is C13H13NO4. The number of nitrogens with zero attached hydrogens (tertiary/aromatic N) is 1. The normalized spacial score (nSPS) is 10.3. The molecule has 18 heavy (non-hydrogen) atoms. The molecule has 0 amide bonds. The molecule has 0 fully saturated rings. The lowest BCUT2D eigenvalue weighted by molar-refractivity contribution is -0.136. The zero-order chi connectivity index (χ0) is 13.0. The number of oxazole rings is 1. The number of benzene rings is 1. The number of carbonyl (C=O) groups is 1. The van der Waals surface area contributed by atoms with Crippen LogP contribution in [0.25, 0.3) is 0 Å². The van der Waals surface area contributed by atoms with Crippen LogP contribution < -0.4 is 4.74 Å². The van der Waals surface area contributed by atoms with Gasteiger partial charge in [-0.15, -0.1) is 0 Å².